The number of nitrogens with one attached hydrogen (secondary N) is 2. The first-order valence-corrected chi connectivity index (χ1v) is 11.4. The summed E-state index contributed by atoms with van der Waals surface area (Å²) in [6.07, 6.45) is 2.60. The summed E-state index contributed by atoms with van der Waals surface area (Å²) >= 11 is 0. The molecule has 3 aromatic carbocycles. The van der Waals surface area contributed by atoms with E-state index in [1.807, 2.05) is 18.2 Å². The highest BCUT2D eigenvalue weighted by Gasteiger charge is 2.18. The molecule has 1 fully saturated rings. The van der Waals surface area contributed by atoms with Gasteiger partial charge in [-0.05, 0) is 66.4 Å². The van der Waals surface area contributed by atoms with E-state index in [2.05, 4.69) is 45.9 Å². The van der Waals surface area contributed by atoms with Gasteiger partial charge in [-0.3, -0.25) is 14.5 Å². The van der Waals surface area contributed by atoms with E-state index in [0.717, 1.165) is 23.2 Å². The first kappa shape index (κ1) is 21.2. The van der Waals surface area contributed by atoms with E-state index in [1.54, 1.807) is 18.2 Å². The first-order valence-electron chi connectivity index (χ1n) is 11.4. The fourth-order valence-electron chi connectivity index (χ4n) is 4.44. The van der Waals surface area contributed by atoms with E-state index in [9.17, 15) is 9.59 Å². The van der Waals surface area contributed by atoms with Crippen LogP contribution in [0.1, 0.15) is 34.3 Å². The van der Waals surface area contributed by atoms with Crippen LogP contribution in [0, 0.1) is 0 Å². The molecule has 2 N–H and O–H groups in total. The second-order valence-electron chi connectivity index (χ2n) is 8.57. The number of fused-ring (bicyclic) bond motifs is 1. The SMILES string of the molecule is O=C1COc2cc(C(=O)NCc3ccccc3-c3ccc(CN4CCCC4)cc3)ccc2N1. The molecular formula is C27H27N3O3. The van der Waals surface area contributed by atoms with E-state index in [-0.39, 0.29) is 18.4 Å². The molecule has 1 saturated heterocycles. The molecule has 3 aromatic rings. The molecule has 0 radical (unpaired) electrons. The lowest BCUT2D eigenvalue weighted by molar-refractivity contribution is -0.118. The Hall–Kier alpha value is -3.64. The van der Waals surface area contributed by atoms with Gasteiger partial charge < -0.3 is 15.4 Å². The lowest BCUT2D eigenvalue weighted by Crippen LogP contribution is -2.26. The van der Waals surface area contributed by atoms with Crippen molar-refractivity contribution in [3.05, 3.63) is 83.4 Å². The summed E-state index contributed by atoms with van der Waals surface area (Å²) in [5.41, 5.74) is 5.72. The van der Waals surface area contributed by atoms with Crippen LogP contribution in [0.15, 0.2) is 66.7 Å². The Morgan fingerprint density at radius 2 is 1.79 bits per heavy atom. The fraction of sp³-hybridized carbons (Fsp3) is 0.259. The largest absolute Gasteiger partial charge is 0.482 e. The number of ether oxygens (including phenoxy) is 1. The minimum Gasteiger partial charge on any atom is -0.482 e. The lowest BCUT2D eigenvalue weighted by atomic mass is 9.98. The molecule has 6 heteroatoms. The summed E-state index contributed by atoms with van der Waals surface area (Å²) in [5.74, 6) is 0.131. The van der Waals surface area contributed by atoms with Gasteiger partial charge in [-0.2, -0.15) is 0 Å². The van der Waals surface area contributed by atoms with Crippen molar-refractivity contribution in [3.8, 4) is 16.9 Å². The number of amides is 2. The number of hydrogen-bond donors (Lipinski definition) is 2. The Morgan fingerprint density at radius 1 is 1.00 bits per heavy atom. The summed E-state index contributed by atoms with van der Waals surface area (Å²) in [5, 5.41) is 5.75. The van der Waals surface area contributed by atoms with Crippen LogP contribution in [0.25, 0.3) is 11.1 Å². The quantitative estimate of drug-likeness (QED) is 0.601. The average molecular weight is 442 g/mol. The topological polar surface area (TPSA) is 70.7 Å². The van der Waals surface area contributed by atoms with Gasteiger partial charge in [-0.1, -0.05) is 48.5 Å². The van der Waals surface area contributed by atoms with E-state index < -0.39 is 0 Å². The summed E-state index contributed by atoms with van der Waals surface area (Å²) in [6, 6.07) is 21.9. The molecule has 5 rings (SSSR count). The number of carbonyl (C=O) groups excluding carboxylic acids is 2. The highest BCUT2D eigenvalue weighted by atomic mass is 16.5. The molecular weight excluding hydrogens is 414 g/mol. The molecule has 0 spiro atoms. The van der Waals surface area contributed by atoms with Crippen molar-refractivity contribution >= 4 is 17.5 Å². The third-order valence-corrected chi connectivity index (χ3v) is 6.20. The molecule has 0 saturated carbocycles. The number of anilines is 1. The molecule has 168 valence electrons. The third kappa shape index (κ3) is 4.91. The van der Waals surface area contributed by atoms with Crippen molar-refractivity contribution < 1.29 is 14.3 Å². The van der Waals surface area contributed by atoms with E-state index >= 15 is 0 Å². The summed E-state index contributed by atoms with van der Waals surface area (Å²) in [7, 11) is 0. The molecule has 2 amide bonds. The molecule has 6 nitrogen and oxygen atoms in total. The van der Waals surface area contributed by atoms with Crippen LogP contribution in [0.5, 0.6) is 5.75 Å². The van der Waals surface area contributed by atoms with Crippen molar-refractivity contribution in [2.75, 3.05) is 25.0 Å². The zero-order valence-electron chi connectivity index (χ0n) is 18.5. The van der Waals surface area contributed by atoms with Crippen LogP contribution in [0.3, 0.4) is 0 Å². The molecule has 2 aliphatic heterocycles. The molecule has 0 atom stereocenters. The predicted octanol–water partition coefficient (Wildman–Crippen LogP) is 4.21. The summed E-state index contributed by atoms with van der Waals surface area (Å²) < 4.78 is 5.42. The molecule has 2 aliphatic rings. The van der Waals surface area contributed by atoms with Gasteiger partial charge in [-0.15, -0.1) is 0 Å². The minimum atomic E-state index is -0.194. The monoisotopic (exact) mass is 441 g/mol. The Balaban J connectivity index is 1.26. The standard InChI is InChI=1S/C27H27N3O3/c31-26-18-33-25-15-21(11-12-24(25)29-26)27(32)28-16-22-5-1-2-6-23(22)20-9-7-19(8-10-20)17-30-13-3-4-14-30/h1-2,5-12,15H,3-4,13-14,16-18H2,(H,28,32)(H,29,31). The first-order chi connectivity index (χ1) is 16.2. The van der Waals surface area contributed by atoms with E-state index in [4.69, 9.17) is 4.74 Å². The highest BCUT2D eigenvalue weighted by molar-refractivity contribution is 5.99. The van der Waals surface area contributed by atoms with Crippen molar-refractivity contribution in [1.82, 2.24) is 10.2 Å². The van der Waals surface area contributed by atoms with E-state index in [0.29, 0.717) is 23.5 Å². The van der Waals surface area contributed by atoms with Gasteiger partial charge in [-0.25, -0.2) is 0 Å². The van der Waals surface area contributed by atoms with Gasteiger partial charge >= 0.3 is 0 Å². The number of nitrogens with zero attached hydrogens (tertiary/aromatic N) is 1. The van der Waals surface area contributed by atoms with Crippen LogP contribution >= 0.6 is 0 Å². The Kier molecular flexibility index (Phi) is 6.09. The smallest absolute Gasteiger partial charge is 0.262 e. The second-order valence-corrected chi connectivity index (χ2v) is 8.57. The van der Waals surface area contributed by atoms with Crippen LogP contribution in [-0.2, 0) is 17.9 Å². The molecule has 0 bridgehead atoms. The Bertz CT molecular complexity index is 1170. The van der Waals surface area contributed by atoms with Gasteiger partial charge in [0.25, 0.3) is 11.8 Å². The zero-order chi connectivity index (χ0) is 22.6. The minimum absolute atomic E-state index is 0.0394. The molecule has 0 aromatic heterocycles. The van der Waals surface area contributed by atoms with Gasteiger partial charge in [0.15, 0.2) is 6.61 Å². The summed E-state index contributed by atoms with van der Waals surface area (Å²) in [4.78, 5) is 26.7. The Morgan fingerprint density at radius 3 is 2.61 bits per heavy atom. The maximum absolute atomic E-state index is 12.8. The molecule has 2 heterocycles. The third-order valence-electron chi connectivity index (χ3n) is 6.20. The zero-order valence-corrected chi connectivity index (χ0v) is 18.5. The maximum atomic E-state index is 12.8. The van der Waals surface area contributed by atoms with Crippen LogP contribution in [0.4, 0.5) is 5.69 Å². The number of rotatable bonds is 6. The summed E-state index contributed by atoms with van der Waals surface area (Å²) in [6.45, 7) is 3.76. The Labute approximate surface area is 193 Å². The van der Waals surface area contributed by atoms with Gasteiger partial charge in [0.2, 0.25) is 0 Å². The van der Waals surface area contributed by atoms with Crippen LogP contribution in [0.2, 0.25) is 0 Å². The molecule has 0 unspecified atom stereocenters. The molecule has 33 heavy (non-hydrogen) atoms. The predicted molar refractivity (Wildman–Crippen MR) is 128 cm³/mol. The number of carbonyl (C=O) groups is 2. The number of hydrogen-bond acceptors (Lipinski definition) is 4. The maximum Gasteiger partial charge on any atom is 0.262 e. The van der Waals surface area contributed by atoms with Gasteiger partial charge in [0.05, 0.1) is 5.69 Å². The number of likely N-dealkylation sites (tertiary alicyclic amines) is 1. The van der Waals surface area contributed by atoms with Gasteiger partial charge in [0.1, 0.15) is 5.75 Å². The van der Waals surface area contributed by atoms with Crippen molar-refractivity contribution in [2.24, 2.45) is 0 Å². The van der Waals surface area contributed by atoms with Crippen LogP contribution in [-0.4, -0.2) is 36.4 Å². The van der Waals surface area contributed by atoms with Crippen molar-refractivity contribution in [3.63, 3.8) is 0 Å². The average Bonchev–Trinajstić information content (AvgIpc) is 3.36. The van der Waals surface area contributed by atoms with Crippen molar-refractivity contribution in [2.45, 2.75) is 25.9 Å². The normalized spacial score (nSPS) is 15.5. The van der Waals surface area contributed by atoms with Crippen LogP contribution < -0.4 is 15.4 Å². The molecule has 0 aliphatic carbocycles. The highest BCUT2D eigenvalue weighted by Crippen LogP contribution is 2.29. The fourth-order valence-corrected chi connectivity index (χ4v) is 4.44. The van der Waals surface area contributed by atoms with E-state index in [1.165, 1.54) is 31.5 Å². The lowest BCUT2D eigenvalue weighted by Gasteiger charge is -2.18. The van der Waals surface area contributed by atoms with Gasteiger partial charge in [0, 0.05) is 18.7 Å². The number of benzene rings is 3. The second kappa shape index (κ2) is 9.46. The van der Waals surface area contributed by atoms with Crippen molar-refractivity contribution in [1.29, 1.82) is 0 Å².